The van der Waals surface area contributed by atoms with Gasteiger partial charge in [0.05, 0.1) is 12.5 Å². The van der Waals surface area contributed by atoms with E-state index in [1.807, 2.05) is 12.1 Å². The Morgan fingerprint density at radius 3 is 2.73 bits per heavy atom. The summed E-state index contributed by atoms with van der Waals surface area (Å²) in [7, 11) is -3.42. The molecule has 0 saturated heterocycles. The van der Waals surface area contributed by atoms with Gasteiger partial charge < -0.3 is 10.6 Å². The Bertz CT molecular complexity index is 849. The Balaban J connectivity index is 2.18. The molecular formula is C17H24N4O3S2. The molecule has 9 heteroatoms. The van der Waals surface area contributed by atoms with Gasteiger partial charge in [-0.15, -0.1) is 0 Å². The molecule has 1 aromatic heterocycles. The van der Waals surface area contributed by atoms with Crippen LogP contribution in [0, 0.1) is 0 Å². The summed E-state index contributed by atoms with van der Waals surface area (Å²) in [5.41, 5.74) is 7.87. The largest absolute Gasteiger partial charge is 0.334 e. The van der Waals surface area contributed by atoms with Crippen LogP contribution in [0.2, 0.25) is 0 Å². The number of rotatable bonds is 9. The molecule has 1 amide bonds. The topological polar surface area (TPSA) is 105 Å². The van der Waals surface area contributed by atoms with E-state index in [1.165, 1.54) is 11.8 Å². The van der Waals surface area contributed by atoms with Gasteiger partial charge in [0.25, 0.3) is 5.91 Å². The smallest absolute Gasteiger partial charge is 0.265 e. The fourth-order valence-corrected chi connectivity index (χ4v) is 4.06. The minimum absolute atomic E-state index is 0.181. The van der Waals surface area contributed by atoms with Crippen LogP contribution in [0.15, 0.2) is 30.5 Å². The van der Waals surface area contributed by atoms with Gasteiger partial charge in [0.15, 0.2) is 5.13 Å². The Hall–Kier alpha value is -1.97. The van der Waals surface area contributed by atoms with Gasteiger partial charge >= 0.3 is 0 Å². The van der Waals surface area contributed by atoms with Crippen molar-refractivity contribution in [3.05, 3.63) is 46.5 Å². The van der Waals surface area contributed by atoms with E-state index in [4.69, 9.17) is 5.73 Å². The van der Waals surface area contributed by atoms with E-state index in [1.54, 1.807) is 4.90 Å². The molecule has 0 radical (unpaired) electrons. The molecule has 0 bridgehead atoms. The molecule has 1 heterocycles. The van der Waals surface area contributed by atoms with Crippen LogP contribution in [0.5, 0.6) is 0 Å². The molecule has 2 rings (SSSR count). The second kappa shape index (κ2) is 9.11. The Labute approximate surface area is 158 Å². The monoisotopic (exact) mass is 396 g/mol. The highest BCUT2D eigenvalue weighted by molar-refractivity contribution is 7.92. The first-order chi connectivity index (χ1) is 12.3. The SMILES string of the molecule is CCc1cccc(CN(CCCN)C(=O)c2cnc(NS(C)(=O)=O)s2)c1. The lowest BCUT2D eigenvalue weighted by molar-refractivity contribution is 0.0747. The standard InChI is InChI=1S/C17H24N4O3S2/c1-3-13-6-4-7-14(10-13)12-21(9-5-8-18)16(22)15-11-19-17(25-15)20-26(2,23)24/h4,6-7,10-11H,3,5,8-9,12,18H2,1-2H3,(H,19,20). The van der Waals surface area contributed by atoms with Gasteiger partial charge in [-0.1, -0.05) is 42.5 Å². The molecule has 2 aromatic rings. The number of sulfonamides is 1. The van der Waals surface area contributed by atoms with Crippen molar-refractivity contribution in [1.82, 2.24) is 9.88 Å². The number of benzene rings is 1. The van der Waals surface area contributed by atoms with Crippen LogP contribution < -0.4 is 10.5 Å². The van der Waals surface area contributed by atoms with Crippen LogP contribution in [0.1, 0.15) is 34.1 Å². The summed E-state index contributed by atoms with van der Waals surface area (Å²) in [4.78, 5) is 19.0. The number of nitrogens with one attached hydrogen (secondary N) is 1. The molecule has 0 fully saturated rings. The lowest BCUT2D eigenvalue weighted by atomic mass is 10.1. The number of anilines is 1. The Morgan fingerprint density at radius 2 is 2.08 bits per heavy atom. The molecule has 0 unspecified atom stereocenters. The number of hydrogen-bond donors (Lipinski definition) is 2. The zero-order valence-electron chi connectivity index (χ0n) is 14.9. The fourth-order valence-electron chi connectivity index (χ4n) is 2.44. The van der Waals surface area contributed by atoms with Gasteiger partial charge in [-0.25, -0.2) is 13.4 Å². The fraction of sp³-hybridized carbons (Fsp3) is 0.412. The average molecular weight is 397 g/mol. The van der Waals surface area contributed by atoms with Gasteiger partial charge in [0, 0.05) is 13.1 Å². The zero-order valence-corrected chi connectivity index (χ0v) is 16.6. The lowest BCUT2D eigenvalue weighted by Crippen LogP contribution is -2.32. The molecule has 1 aromatic carbocycles. The molecule has 26 heavy (non-hydrogen) atoms. The molecule has 0 aliphatic carbocycles. The number of aryl methyl sites for hydroxylation is 1. The summed E-state index contributed by atoms with van der Waals surface area (Å²) in [5.74, 6) is -0.181. The highest BCUT2D eigenvalue weighted by Crippen LogP contribution is 2.22. The number of aromatic nitrogens is 1. The van der Waals surface area contributed by atoms with E-state index < -0.39 is 10.0 Å². The van der Waals surface area contributed by atoms with Gasteiger partial charge in [0.1, 0.15) is 4.88 Å². The zero-order chi connectivity index (χ0) is 19.2. The second-order valence-electron chi connectivity index (χ2n) is 5.95. The van der Waals surface area contributed by atoms with E-state index in [0.29, 0.717) is 30.9 Å². The summed E-state index contributed by atoms with van der Waals surface area (Å²) in [6.07, 6.45) is 4.06. The third-order valence-corrected chi connectivity index (χ3v) is 5.28. The van der Waals surface area contributed by atoms with Crippen molar-refractivity contribution in [2.75, 3.05) is 24.1 Å². The van der Waals surface area contributed by atoms with Crippen LogP contribution >= 0.6 is 11.3 Å². The van der Waals surface area contributed by atoms with Crippen LogP contribution in [0.25, 0.3) is 0 Å². The maximum absolute atomic E-state index is 12.9. The van der Waals surface area contributed by atoms with Crippen molar-refractivity contribution in [2.45, 2.75) is 26.3 Å². The second-order valence-corrected chi connectivity index (χ2v) is 8.73. The van der Waals surface area contributed by atoms with E-state index in [9.17, 15) is 13.2 Å². The number of thiazole rings is 1. The molecular weight excluding hydrogens is 372 g/mol. The molecule has 3 N–H and O–H groups in total. The first-order valence-corrected chi connectivity index (χ1v) is 11.0. The molecule has 0 aliphatic heterocycles. The Morgan fingerprint density at radius 1 is 1.35 bits per heavy atom. The predicted octanol–water partition coefficient (Wildman–Crippen LogP) is 2.07. The van der Waals surface area contributed by atoms with Crippen molar-refractivity contribution in [3.8, 4) is 0 Å². The highest BCUT2D eigenvalue weighted by Gasteiger charge is 2.19. The van der Waals surface area contributed by atoms with Gasteiger partial charge in [-0.2, -0.15) is 0 Å². The van der Waals surface area contributed by atoms with Crippen LogP contribution in [-0.2, 0) is 23.0 Å². The van der Waals surface area contributed by atoms with Gasteiger partial charge in [-0.05, 0) is 30.5 Å². The van der Waals surface area contributed by atoms with Crippen LogP contribution in [-0.4, -0.2) is 43.6 Å². The number of carbonyl (C=O) groups excluding carboxylic acids is 1. The summed E-state index contributed by atoms with van der Waals surface area (Å²) in [5, 5.41) is 0.183. The third kappa shape index (κ3) is 6.08. The van der Waals surface area contributed by atoms with E-state index in [2.05, 4.69) is 28.8 Å². The predicted molar refractivity (Wildman–Crippen MR) is 105 cm³/mol. The summed E-state index contributed by atoms with van der Waals surface area (Å²) < 4.78 is 24.9. The number of nitrogens with zero attached hydrogens (tertiary/aromatic N) is 2. The summed E-state index contributed by atoms with van der Waals surface area (Å²) >= 11 is 1.02. The van der Waals surface area contributed by atoms with Gasteiger partial charge in [-0.3, -0.25) is 9.52 Å². The van der Waals surface area contributed by atoms with Crippen LogP contribution in [0.4, 0.5) is 5.13 Å². The minimum atomic E-state index is -3.42. The summed E-state index contributed by atoms with van der Waals surface area (Å²) in [6, 6.07) is 8.12. The molecule has 7 nitrogen and oxygen atoms in total. The van der Waals surface area contributed by atoms with Crippen molar-refractivity contribution < 1.29 is 13.2 Å². The number of amides is 1. The molecule has 142 valence electrons. The number of nitrogens with two attached hydrogens (primary N) is 1. The van der Waals surface area contributed by atoms with E-state index in [-0.39, 0.29) is 11.0 Å². The maximum Gasteiger partial charge on any atom is 0.265 e. The lowest BCUT2D eigenvalue weighted by Gasteiger charge is -2.22. The van der Waals surface area contributed by atoms with Crippen molar-refractivity contribution in [3.63, 3.8) is 0 Å². The molecule has 0 saturated carbocycles. The number of hydrogen-bond acceptors (Lipinski definition) is 6. The quantitative estimate of drug-likeness (QED) is 0.675. The summed E-state index contributed by atoms with van der Waals surface area (Å²) in [6.45, 7) is 3.57. The van der Waals surface area contributed by atoms with Gasteiger partial charge in [0.2, 0.25) is 10.0 Å². The Kier molecular flexibility index (Phi) is 7.13. The first kappa shape index (κ1) is 20.3. The van der Waals surface area contributed by atoms with Crippen molar-refractivity contribution >= 4 is 32.4 Å². The first-order valence-electron chi connectivity index (χ1n) is 8.33. The maximum atomic E-state index is 12.9. The van der Waals surface area contributed by atoms with E-state index >= 15 is 0 Å². The molecule has 0 spiro atoms. The highest BCUT2D eigenvalue weighted by atomic mass is 32.2. The van der Waals surface area contributed by atoms with E-state index in [0.717, 1.165) is 29.6 Å². The van der Waals surface area contributed by atoms with Crippen molar-refractivity contribution in [2.24, 2.45) is 5.73 Å². The van der Waals surface area contributed by atoms with Crippen molar-refractivity contribution in [1.29, 1.82) is 0 Å². The minimum Gasteiger partial charge on any atom is -0.334 e. The third-order valence-electron chi connectivity index (χ3n) is 3.68. The molecule has 0 aliphatic rings. The molecule has 0 atom stereocenters. The van der Waals surface area contributed by atoms with Crippen LogP contribution in [0.3, 0.4) is 0 Å². The average Bonchev–Trinajstić information content (AvgIpc) is 3.04. The normalized spacial score (nSPS) is 11.3. The number of carbonyl (C=O) groups is 1.